The van der Waals surface area contributed by atoms with Gasteiger partial charge in [0.1, 0.15) is 5.82 Å². The molecule has 2 saturated heterocycles. The maximum atomic E-state index is 14.1. The van der Waals surface area contributed by atoms with Crippen molar-refractivity contribution in [3.8, 4) is 0 Å². The summed E-state index contributed by atoms with van der Waals surface area (Å²) in [6.45, 7) is 1.53. The molecule has 2 aliphatic rings. The SMILES string of the molecule is C[C@](O)(C(=O)N1[C@@H]2CCC[C@H]1CC([C@H](N)Cc1cc(F)c(F)cc1F)C2)c1ccccc1. The molecule has 4 rings (SSSR count). The number of amides is 1. The molecule has 3 N–H and O–H groups in total. The third kappa shape index (κ3) is 4.28. The van der Waals surface area contributed by atoms with Gasteiger partial charge in [0.05, 0.1) is 0 Å². The molecule has 172 valence electrons. The lowest BCUT2D eigenvalue weighted by atomic mass is 9.73. The average Bonchev–Trinajstić information content (AvgIpc) is 2.76. The Hall–Kier alpha value is -2.38. The van der Waals surface area contributed by atoms with Crippen molar-refractivity contribution in [3.63, 3.8) is 0 Å². The molecule has 0 radical (unpaired) electrons. The summed E-state index contributed by atoms with van der Waals surface area (Å²) in [5.74, 6) is -3.40. The van der Waals surface area contributed by atoms with Crippen LogP contribution < -0.4 is 5.73 Å². The minimum Gasteiger partial charge on any atom is -0.376 e. The van der Waals surface area contributed by atoms with Crippen LogP contribution in [-0.2, 0) is 16.8 Å². The molecule has 4 nitrogen and oxygen atoms in total. The Morgan fingerprint density at radius 1 is 1.09 bits per heavy atom. The van der Waals surface area contributed by atoms with E-state index in [0.29, 0.717) is 24.5 Å². The molecule has 5 atom stereocenters. The molecule has 2 aliphatic heterocycles. The summed E-state index contributed by atoms with van der Waals surface area (Å²) in [6, 6.07) is 9.78. The largest absolute Gasteiger partial charge is 0.376 e. The number of halogens is 3. The fourth-order valence-corrected chi connectivity index (χ4v) is 5.38. The fourth-order valence-electron chi connectivity index (χ4n) is 5.38. The molecule has 2 aromatic carbocycles. The van der Waals surface area contributed by atoms with E-state index in [-0.39, 0.29) is 35.9 Å². The Morgan fingerprint density at radius 2 is 1.69 bits per heavy atom. The zero-order chi connectivity index (χ0) is 23.0. The number of rotatable bonds is 5. The monoisotopic (exact) mass is 446 g/mol. The van der Waals surface area contributed by atoms with Crippen LogP contribution in [0.2, 0.25) is 0 Å². The molecule has 7 heteroatoms. The smallest absolute Gasteiger partial charge is 0.259 e. The van der Waals surface area contributed by atoms with Crippen LogP contribution in [0.1, 0.15) is 50.2 Å². The molecule has 2 heterocycles. The van der Waals surface area contributed by atoms with Crippen molar-refractivity contribution in [2.75, 3.05) is 0 Å². The molecule has 32 heavy (non-hydrogen) atoms. The van der Waals surface area contributed by atoms with Crippen molar-refractivity contribution in [2.24, 2.45) is 11.7 Å². The van der Waals surface area contributed by atoms with Crippen LogP contribution >= 0.6 is 0 Å². The number of piperidine rings is 2. The molecule has 0 aliphatic carbocycles. The Labute approximate surface area is 186 Å². The number of nitrogens with two attached hydrogens (primary N) is 1. The van der Waals surface area contributed by atoms with Gasteiger partial charge >= 0.3 is 0 Å². The third-order valence-electron chi connectivity index (χ3n) is 7.15. The number of nitrogens with zero attached hydrogens (tertiary/aromatic N) is 1. The lowest BCUT2D eigenvalue weighted by Gasteiger charge is -2.51. The molecule has 2 bridgehead atoms. The maximum absolute atomic E-state index is 14.1. The lowest BCUT2D eigenvalue weighted by Crippen LogP contribution is -2.60. The summed E-state index contributed by atoms with van der Waals surface area (Å²) in [7, 11) is 0. The first kappa shape index (κ1) is 22.8. The van der Waals surface area contributed by atoms with Crippen molar-refractivity contribution < 1.29 is 23.1 Å². The highest BCUT2D eigenvalue weighted by atomic mass is 19.2. The molecule has 2 aromatic rings. The van der Waals surface area contributed by atoms with Crippen LogP contribution in [0.3, 0.4) is 0 Å². The van der Waals surface area contributed by atoms with Crippen LogP contribution in [0.25, 0.3) is 0 Å². The van der Waals surface area contributed by atoms with E-state index < -0.39 is 29.1 Å². The van der Waals surface area contributed by atoms with Gasteiger partial charge in [-0.25, -0.2) is 13.2 Å². The minimum absolute atomic E-state index is 0.0172. The third-order valence-corrected chi connectivity index (χ3v) is 7.15. The van der Waals surface area contributed by atoms with Crippen LogP contribution in [0.4, 0.5) is 13.2 Å². The van der Waals surface area contributed by atoms with E-state index in [1.165, 1.54) is 6.92 Å². The van der Waals surface area contributed by atoms with Crippen LogP contribution in [0, 0.1) is 23.4 Å². The van der Waals surface area contributed by atoms with Crippen LogP contribution in [0.5, 0.6) is 0 Å². The van der Waals surface area contributed by atoms with E-state index >= 15 is 0 Å². The number of hydrogen-bond acceptors (Lipinski definition) is 3. The van der Waals surface area contributed by atoms with Crippen molar-refractivity contribution >= 4 is 5.91 Å². The molecule has 2 fully saturated rings. The summed E-state index contributed by atoms with van der Waals surface area (Å²) in [4.78, 5) is 15.3. The second-order valence-electron chi connectivity index (χ2n) is 9.35. The van der Waals surface area contributed by atoms with Gasteiger partial charge in [-0.2, -0.15) is 0 Å². The van der Waals surface area contributed by atoms with Gasteiger partial charge in [0.25, 0.3) is 5.91 Å². The zero-order valence-electron chi connectivity index (χ0n) is 18.1. The first-order chi connectivity index (χ1) is 15.2. The number of benzene rings is 2. The Bertz CT molecular complexity index is 969. The van der Waals surface area contributed by atoms with E-state index in [1.807, 2.05) is 11.0 Å². The van der Waals surface area contributed by atoms with Crippen molar-refractivity contribution in [1.82, 2.24) is 4.90 Å². The summed E-state index contributed by atoms with van der Waals surface area (Å²) in [5.41, 5.74) is 5.39. The first-order valence-electron chi connectivity index (χ1n) is 11.2. The molecule has 0 saturated carbocycles. The summed E-state index contributed by atoms with van der Waals surface area (Å²) in [6.07, 6.45) is 4.00. The highest BCUT2D eigenvalue weighted by Gasteiger charge is 2.47. The van der Waals surface area contributed by atoms with Crippen molar-refractivity contribution in [2.45, 2.75) is 69.2 Å². The number of carbonyl (C=O) groups excluding carboxylic acids is 1. The second kappa shape index (κ2) is 8.87. The Kier molecular flexibility index (Phi) is 6.32. The molecular formula is C25H29F3N2O2. The van der Waals surface area contributed by atoms with Gasteiger partial charge in [-0.1, -0.05) is 30.3 Å². The van der Waals surface area contributed by atoms with Gasteiger partial charge in [0.2, 0.25) is 0 Å². The Morgan fingerprint density at radius 3 is 2.31 bits per heavy atom. The number of carbonyl (C=O) groups is 1. The number of hydrogen-bond donors (Lipinski definition) is 2. The molecule has 1 unspecified atom stereocenters. The second-order valence-corrected chi connectivity index (χ2v) is 9.35. The average molecular weight is 447 g/mol. The maximum Gasteiger partial charge on any atom is 0.259 e. The van der Waals surface area contributed by atoms with E-state index in [2.05, 4.69) is 0 Å². The fraction of sp³-hybridized carbons (Fsp3) is 0.480. The highest BCUT2D eigenvalue weighted by Crippen LogP contribution is 2.41. The lowest BCUT2D eigenvalue weighted by molar-refractivity contribution is -0.162. The predicted molar refractivity (Wildman–Crippen MR) is 115 cm³/mol. The van der Waals surface area contributed by atoms with E-state index in [0.717, 1.165) is 25.3 Å². The number of aliphatic hydroxyl groups is 1. The summed E-state index contributed by atoms with van der Waals surface area (Å²) in [5, 5.41) is 11.1. The van der Waals surface area contributed by atoms with Crippen LogP contribution in [0.15, 0.2) is 42.5 Å². The van der Waals surface area contributed by atoms with Gasteiger partial charge in [-0.3, -0.25) is 4.79 Å². The highest BCUT2D eigenvalue weighted by molar-refractivity contribution is 5.86. The molecule has 1 amide bonds. The van der Waals surface area contributed by atoms with Gasteiger partial charge in [-0.05, 0) is 68.6 Å². The Balaban J connectivity index is 1.50. The van der Waals surface area contributed by atoms with Crippen molar-refractivity contribution in [3.05, 3.63) is 71.0 Å². The first-order valence-corrected chi connectivity index (χ1v) is 11.2. The standard InChI is InChI=1S/C25H29F3N2O2/c1-25(32,17-6-3-2-4-7-17)24(31)30-18-8-5-9-19(30)11-16(10-18)23(29)13-15-12-21(27)22(28)14-20(15)26/h2-4,6-7,12,14,16,18-19,23,32H,5,8-11,13,29H2,1H3/t16?,18-,19+,23-,25-/m1/s1. The van der Waals surface area contributed by atoms with E-state index in [9.17, 15) is 23.1 Å². The number of fused-ring (bicyclic) bond motifs is 2. The topological polar surface area (TPSA) is 66.6 Å². The van der Waals surface area contributed by atoms with Gasteiger partial charge in [0.15, 0.2) is 17.2 Å². The molecule has 0 aromatic heterocycles. The summed E-state index contributed by atoms with van der Waals surface area (Å²) < 4.78 is 40.9. The van der Waals surface area contributed by atoms with Crippen LogP contribution in [-0.4, -0.2) is 34.0 Å². The predicted octanol–water partition coefficient (Wildman–Crippen LogP) is 4.04. The molecular weight excluding hydrogens is 417 g/mol. The zero-order valence-corrected chi connectivity index (χ0v) is 18.1. The van der Waals surface area contributed by atoms with E-state index in [4.69, 9.17) is 5.73 Å². The normalized spacial score (nSPS) is 25.8. The minimum atomic E-state index is -1.63. The molecule has 0 spiro atoms. The van der Waals surface area contributed by atoms with Gasteiger partial charge < -0.3 is 15.7 Å². The van der Waals surface area contributed by atoms with Crippen molar-refractivity contribution in [1.29, 1.82) is 0 Å². The quantitative estimate of drug-likeness (QED) is 0.682. The van der Waals surface area contributed by atoms with E-state index in [1.54, 1.807) is 24.3 Å². The summed E-state index contributed by atoms with van der Waals surface area (Å²) >= 11 is 0. The van der Waals surface area contributed by atoms with Gasteiger partial charge in [0, 0.05) is 24.2 Å². The van der Waals surface area contributed by atoms with Gasteiger partial charge in [-0.15, -0.1) is 0 Å².